The van der Waals surface area contributed by atoms with E-state index in [9.17, 15) is 8.42 Å². The molecule has 1 aliphatic rings. The molecule has 18 heavy (non-hydrogen) atoms. The van der Waals surface area contributed by atoms with Gasteiger partial charge in [0.1, 0.15) is 0 Å². The van der Waals surface area contributed by atoms with Gasteiger partial charge in [-0.15, -0.1) is 11.3 Å². The molecule has 0 aliphatic carbocycles. The molecule has 1 aliphatic heterocycles. The number of thiophene rings is 1. The Labute approximate surface area is 113 Å². The zero-order valence-corrected chi connectivity index (χ0v) is 12.3. The highest BCUT2D eigenvalue weighted by molar-refractivity contribution is 7.89. The monoisotopic (exact) mass is 288 g/mol. The van der Waals surface area contributed by atoms with Crippen LogP contribution in [0.5, 0.6) is 0 Å². The van der Waals surface area contributed by atoms with Crippen LogP contribution >= 0.6 is 11.3 Å². The molecule has 0 spiro atoms. The number of hydrogen-bond donors (Lipinski definition) is 1. The van der Waals surface area contributed by atoms with Gasteiger partial charge in [-0.25, -0.2) is 8.42 Å². The van der Waals surface area contributed by atoms with Gasteiger partial charge < -0.3 is 5.32 Å². The van der Waals surface area contributed by atoms with E-state index in [4.69, 9.17) is 0 Å². The Kier molecular flexibility index (Phi) is 4.77. The summed E-state index contributed by atoms with van der Waals surface area (Å²) in [7, 11) is -3.17. The van der Waals surface area contributed by atoms with E-state index >= 15 is 0 Å². The molecule has 0 saturated carbocycles. The highest BCUT2D eigenvalue weighted by Crippen LogP contribution is 2.20. The summed E-state index contributed by atoms with van der Waals surface area (Å²) in [5, 5.41) is 4.90. The molecular formula is C12H20N2O2S2. The summed E-state index contributed by atoms with van der Waals surface area (Å²) in [5.41, 5.74) is 0. The second-order valence-electron chi connectivity index (χ2n) is 4.52. The van der Waals surface area contributed by atoms with Gasteiger partial charge in [0.05, 0.1) is 5.25 Å². The number of nitrogens with zero attached hydrogens (tertiary/aromatic N) is 1. The van der Waals surface area contributed by atoms with E-state index in [1.54, 1.807) is 15.6 Å². The first kappa shape index (κ1) is 14.0. The second-order valence-corrected chi connectivity index (χ2v) is 7.76. The number of nitrogens with one attached hydrogen (secondary N) is 1. The SMILES string of the molecule is CCN(Cc1cccs1)S(=O)(=O)C1CCCNC1. The van der Waals surface area contributed by atoms with Crippen molar-refractivity contribution in [3.8, 4) is 0 Å². The van der Waals surface area contributed by atoms with Crippen molar-refractivity contribution in [2.24, 2.45) is 0 Å². The maximum Gasteiger partial charge on any atom is 0.218 e. The Balaban J connectivity index is 2.10. The van der Waals surface area contributed by atoms with Gasteiger partial charge in [0.25, 0.3) is 0 Å². The lowest BCUT2D eigenvalue weighted by Crippen LogP contribution is -2.45. The Morgan fingerprint density at radius 2 is 2.39 bits per heavy atom. The van der Waals surface area contributed by atoms with Crippen LogP contribution in [0.15, 0.2) is 17.5 Å². The van der Waals surface area contributed by atoms with E-state index in [2.05, 4.69) is 5.32 Å². The lowest BCUT2D eigenvalue weighted by Gasteiger charge is -2.29. The fourth-order valence-electron chi connectivity index (χ4n) is 2.24. The molecule has 2 rings (SSSR count). The quantitative estimate of drug-likeness (QED) is 0.896. The highest BCUT2D eigenvalue weighted by atomic mass is 32.2. The van der Waals surface area contributed by atoms with Gasteiger partial charge in [-0.1, -0.05) is 13.0 Å². The average molecular weight is 288 g/mol. The average Bonchev–Trinajstić information content (AvgIpc) is 2.89. The molecule has 0 amide bonds. The minimum Gasteiger partial charge on any atom is -0.315 e. The van der Waals surface area contributed by atoms with Crippen LogP contribution in [0, 0.1) is 0 Å². The van der Waals surface area contributed by atoms with Crippen molar-refractivity contribution < 1.29 is 8.42 Å². The maximum atomic E-state index is 12.5. The second kappa shape index (κ2) is 6.14. The lowest BCUT2D eigenvalue weighted by molar-refractivity contribution is 0.401. The minimum absolute atomic E-state index is 0.258. The molecule has 1 saturated heterocycles. The zero-order valence-electron chi connectivity index (χ0n) is 10.6. The molecule has 1 aromatic heterocycles. The van der Waals surface area contributed by atoms with Gasteiger partial charge in [0.2, 0.25) is 10.0 Å². The number of piperidine rings is 1. The molecule has 1 aromatic rings. The summed E-state index contributed by atoms with van der Waals surface area (Å²) < 4.78 is 26.7. The van der Waals surface area contributed by atoms with Gasteiger partial charge in [-0.05, 0) is 30.8 Å². The molecule has 0 radical (unpaired) electrons. The number of sulfonamides is 1. The van der Waals surface area contributed by atoms with Gasteiger partial charge in [-0.2, -0.15) is 4.31 Å². The van der Waals surface area contributed by atoms with Crippen molar-refractivity contribution in [2.45, 2.75) is 31.6 Å². The first-order chi connectivity index (χ1) is 8.64. The molecule has 0 bridgehead atoms. The first-order valence-electron chi connectivity index (χ1n) is 6.36. The van der Waals surface area contributed by atoms with Crippen molar-refractivity contribution >= 4 is 21.4 Å². The predicted molar refractivity (Wildman–Crippen MR) is 75.2 cm³/mol. The van der Waals surface area contributed by atoms with E-state index in [1.807, 2.05) is 24.4 Å². The van der Waals surface area contributed by atoms with Crippen LogP contribution in [-0.2, 0) is 16.6 Å². The van der Waals surface area contributed by atoms with E-state index in [-0.39, 0.29) is 5.25 Å². The van der Waals surface area contributed by atoms with Crippen LogP contribution in [0.4, 0.5) is 0 Å². The topological polar surface area (TPSA) is 49.4 Å². The molecule has 1 N–H and O–H groups in total. The maximum absolute atomic E-state index is 12.5. The number of rotatable bonds is 5. The number of hydrogen-bond acceptors (Lipinski definition) is 4. The largest absolute Gasteiger partial charge is 0.315 e. The Hall–Kier alpha value is -0.430. The first-order valence-corrected chi connectivity index (χ1v) is 8.75. The summed E-state index contributed by atoms with van der Waals surface area (Å²) >= 11 is 1.61. The van der Waals surface area contributed by atoms with Gasteiger partial charge in [0.15, 0.2) is 0 Å². The standard InChI is InChI=1S/C12H20N2O2S2/c1-2-14(10-11-5-4-8-17-11)18(15,16)12-6-3-7-13-9-12/h4-5,8,12-13H,2-3,6-7,9-10H2,1H3. The van der Waals surface area contributed by atoms with Crippen molar-refractivity contribution in [3.05, 3.63) is 22.4 Å². The van der Waals surface area contributed by atoms with Crippen LogP contribution < -0.4 is 5.32 Å². The van der Waals surface area contributed by atoms with Crippen LogP contribution in [0.3, 0.4) is 0 Å². The van der Waals surface area contributed by atoms with Crippen molar-refractivity contribution in [1.82, 2.24) is 9.62 Å². The third-order valence-corrected chi connectivity index (χ3v) is 6.51. The lowest BCUT2D eigenvalue weighted by atomic mass is 10.2. The summed E-state index contributed by atoms with van der Waals surface area (Å²) in [4.78, 5) is 1.10. The fraction of sp³-hybridized carbons (Fsp3) is 0.667. The minimum atomic E-state index is -3.17. The molecule has 2 heterocycles. The molecule has 1 unspecified atom stereocenters. The predicted octanol–water partition coefficient (Wildman–Crippen LogP) is 1.65. The van der Waals surface area contributed by atoms with Crippen LogP contribution in [0.25, 0.3) is 0 Å². The van der Waals surface area contributed by atoms with Gasteiger partial charge in [-0.3, -0.25) is 0 Å². The van der Waals surface area contributed by atoms with E-state index < -0.39 is 10.0 Å². The van der Waals surface area contributed by atoms with Gasteiger partial charge >= 0.3 is 0 Å². The molecule has 0 aromatic carbocycles. The van der Waals surface area contributed by atoms with E-state index in [0.717, 1.165) is 24.3 Å². The third-order valence-electron chi connectivity index (χ3n) is 3.30. The molecule has 1 atom stereocenters. The highest BCUT2D eigenvalue weighted by Gasteiger charge is 2.32. The molecule has 6 heteroatoms. The molecule has 1 fully saturated rings. The summed E-state index contributed by atoms with van der Waals surface area (Å²) in [6.45, 7) is 4.47. The molecule has 102 valence electrons. The van der Waals surface area contributed by atoms with Crippen molar-refractivity contribution in [1.29, 1.82) is 0 Å². The Morgan fingerprint density at radius 3 is 2.94 bits per heavy atom. The summed E-state index contributed by atoms with van der Waals surface area (Å²) in [6, 6.07) is 3.95. The van der Waals surface area contributed by atoms with Gasteiger partial charge in [0, 0.05) is 24.5 Å². The third kappa shape index (κ3) is 3.12. The molecule has 4 nitrogen and oxygen atoms in total. The fourth-order valence-corrected chi connectivity index (χ4v) is 4.94. The van der Waals surface area contributed by atoms with Crippen molar-refractivity contribution in [2.75, 3.05) is 19.6 Å². The summed E-state index contributed by atoms with van der Waals surface area (Å²) in [6.07, 6.45) is 1.72. The van der Waals surface area contributed by atoms with E-state index in [0.29, 0.717) is 19.6 Å². The smallest absolute Gasteiger partial charge is 0.218 e. The van der Waals surface area contributed by atoms with E-state index in [1.165, 1.54) is 0 Å². The summed E-state index contributed by atoms with van der Waals surface area (Å²) in [5.74, 6) is 0. The normalized spacial score (nSPS) is 21.3. The Morgan fingerprint density at radius 1 is 1.56 bits per heavy atom. The van der Waals surface area contributed by atoms with Crippen molar-refractivity contribution in [3.63, 3.8) is 0 Å². The van der Waals surface area contributed by atoms with Crippen LogP contribution in [-0.4, -0.2) is 37.6 Å². The molecular weight excluding hydrogens is 268 g/mol. The van der Waals surface area contributed by atoms with Crippen LogP contribution in [0.1, 0.15) is 24.6 Å². The zero-order chi connectivity index (χ0) is 13.0. The van der Waals surface area contributed by atoms with Crippen LogP contribution in [0.2, 0.25) is 0 Å². The Bertz CT molecular complexity index is 450.